The van der Waals surface area contributed by atoms with E-state index in [1.165, 1.54) is 22.3 Å². The van der Waals surface area contributed by atoms with E-state index in [2.05, 4.69) is 30.3 Å². The molecule has 2 aromatic rings. The molecule has 2 heteroatoms. The average molecular weight is 230 g/mol. The Kier molecular flexibility index (Phi) is 2.23. The van der Waals surface area contributed by atoms with Crippen molar-refractivity contribution in [3.63, 3.8) is 0 Å². The van der Waals surface area contributed by atoms with Gasteiger partial charge in [-0.1, -0.05) is 41.9 Å². The Morgan fingerprint density at radius 1 is 1.00 bits per heavy atom. The van der Waals surface area contributed by atoms with Gasteiger partial charge >= 0.3 is 0 Å². The first-order valence-electron chi connectivity index (χ1n) is 5.40. The van der Waals surface area contributed by atoms with E-state index < -0.39 is 0 Å². The Morgan fingerprint density at radius 3 is 2.56 bits per heavy atom. The van der Waals surface area contributed by atoms with Gasteiger partial charge in [0.25, 0.3) is 0 Å². The molecule has 16 heavy (non-hydrogen) atoms. The van der Waals surface area contributed by atoms with Crippen molar-refractivity contribution in [1.29, 1.82) is 0 Å². The maximum absolute atomic E-state index is 6.05. The normalized spacial score (nSPS) is 17.0. The van der Waals surface area contributed by atoms with Crippen LogP contribution in [0.2, 0.25) is 5.02 Å². The maximum Gasteiger partial charge on any atom is 0.0409 e. The highest BCUT2D eigenvalue weighted by Crippen LogP contribution is 2.44. The molecule has 1 aliphatic rings. The van der Waals surface area contributed by atoms with Gasteiger partial charge in [-0.15, -0.1) is 0 Å². The number of hydrogen-bond donors (Lipinski definition) is 1. The molecule has 0 aliphatic heterocycles. The van der Waals surface area contributed by atoms with E-state index in [0.717, 1.165) is 5.02 Å². The largest absolute Gasteiger partial charge is 0.330 e. The van der Waals surface area contributed by atoms with E-state index in [0.29, 0.717) is 12.5 Å². The van der Waals surface area contributed by atoms with E-state index in [9.17, 15) is 0 Å². The summed E-state index contributed by atoms with van der Waals surface area (Å²) in [6, 6.07) is 14.5. The average Bonchev–Trinajstić information content (AvgIpc) is 2.61. The van der Waals surface area contributed by atoms with Crippen molar-refractivity contribution in [1.82, 2.24) is 0 Å². The molecule has 1 unspecified atom stereocenters. The summed E-state index contributed by atoms with van der Waals surface area (Å²) in [7, 11) is 0. The summed E-state index contributed by atoms with van der Waals surface area (Å²) in [6.45, 7) is 0.629. The summed E-state index contributed by atoms with van der Waals surface area (Å²) >= 11 is 6.05. The minimum Gasteiger partial charge on any atom is -0.330 e. The number of fused-ring (bicyclic) bond motifs is 3. The lowest BCUT2D eigenvalue weighted by Crippen LogP contribution is -2.11. The number of rotatable bonds is 1. The monoisotopic (exact) mass is 229 g/mol. The zero-order valence-corrected chi connectivity index (χ0v) is 9.54. The van der Waals surface area contributed by atoms with Gasteiger partial charge in [-0.3, -0.25) is 0 Å². The molecule has 2 aromatic carbocycles. The summed E-state index contributed by atoms with van der Waals surface area (Å²) in [6.07, 6.45) is 0. The predicted molar refractivity (Wildman–Crippen MR) is 67.8 cm³/mol. The fraction of sp³-hybridized carbons (Fsp3) is 0.143. The van der Waals surface area contributed by atoms with Crippen molar-refractivity contribution in [2.45, 2.75) is 5.92 Å². The van der Waals surface area contributed by atoms with E-state index >= 15 is 0 Å². The molecule has 0 saturated carbocycles. The van der Waals surface area contributed by atoms with Gasteiger partial charge in [-0.25, -0.2) is 0 Å². The van der Waals surface area contributed by atoms with Crippen LogP contribution in [0.25, 0.3) is 11.1 Å². The first-order chi connectivity index (χ1) is 7.81. The molecular weight excluding hydrogens is 218 g/mol. The van der Waals surface area contributed by atoms with Crippen molar-refractivity contribution < 1.29 is 0 Å². The SMILES string of the molecule is NCC1c2ccccc2-c2ccc(Cl)cc21. The molecule has 0 amide bonds. The molecule has 2 N–H and O–H groups in total. The molecule has 0 heterocycles. The van der Waals surface area contributed by atoms with Crippen LogP contribution in [-0.2, 0) is 0 Å². The van der Waals surface area contributed by atoms with Gasteiger partial charge in [0.05, 0.1) is 0 Å². The third-order valence-corrected chi connectivity index (χ3v) is 3.49. The molecule has 0 spiro atoms. The molecule has 0 radical (unpaired) electrons. The standard InChI is InChI=1S/C14H12ClN/c15-9-5-6-12-10-3-1-2-4-11(10)14(8-16)13(12)7-9/h1-7,14H,8,16H2. The van der Waals surface area contributed by atoms with Crippen LogP contribution in [0.4, 0.5) is 0 Å². The Labute approximate surface area is 99.9 Å². The lowest BCUT2D eigenvalue weighted by Gasteiger charge is -2.10. The summed E-state index contributed by atoms with van der Waals surface area (Å²) in [5, 5.41) is 0.782. The Hall–Kier alpha value is -1.31. The second kappa shape index (κ2) is 3.62. The highest BCUT2D eigenvalue weighted by Gasteiger charge is 2.26. The molecule has 1 nitrogen and oxygen atoms in total. The number of halogens is 1. The van der Waals surface area contributed by atoms with Gasteiger partial charge in [0.15, 0.2) is 0 Å². The van der Waals surface area contributed by atoms with Crippen LogP contribution in [0.3, 0.4) is 0 Å². The van der Waals surface area contributed by atoms with E-state index in [-0.39, 0.29) is 0 Å². The minimum absolute atomic E-state index is 0.296. The zero-order chi connectivity index (χ0) is 11.1. The Morgan fingerprint density at radius 2 is 1.75 bits per heavy atom. The fourth-order valence-electron chi connectivity index (χ4n) is 2.53. The molecule has 0 bridgehead atoms. The summed E-state index contributed by atoms with van der Waals surface area (Å²) in [5.74, 6) is 0.296. The van der Waals surface area contributed by atoms with Crippen molar-refractivity contribution in [2.75, 3.05) is 6.54 Å². The van der Waals surface area contributed by atoms with Crippen LogP contribution in [0.1, 0.15) is 17.0 Å². The molecule has 80 valence electrons. The van der Waals surface area contributed by atoms with Crippen LogP contribution >= 0.6 is 11.6 Å². The highest BCUT2D eigenvalue weighted by atomic mass is 35.5. The summed E-state index contributed by atoms with van der Waals surface area (Å²) < 4.78 is 0. The lowest BCUT2D eigenvalue weighted by atomic mass is 9.97. The number of hydrogen-bond acceptors (Lipinski definition) is 1. The van der Waals surface area contributed by atoms with Crippen LogP contribution < -0.4 is 5.73 Å². The van der Waals surface area contributed by atoms with Crippen molar-refractivity contribution in [2.24, 2.45) is 5.73 Å². The molecule has 1 aliphatic carbocycles. The molecular formula is C14H12ClN. The first-order valence-corrected chi connectivity index (χ1v) is 5.78. The van der Waals surface area contributed by atoms with Gasteiger partial charge in [-0.2, -0.15) is 0 Å². The van der Waals surface area contributed by atoms with Crippen LogP contribution in [0, 0.1) is 0 Å². The molecule has 0 saturated heterocycles. The van der Waals surface area contributed by atoms with E-state index in [4.69, 9.17) is 17.3 Å². The molecule has 3 rings (SSSR count). The van der Waals surface area contributed by atoms with Gasteiger partial charge in [0.1, 0.15) is 0 Å². The molecule has 0 aromatic heterocycles. The molecule has 0 fully saturated rings. The van der Waals surface area contributed by atoms with E-state index in [1.807, 2.05) is 12.1 Å². The van der Waals surface area contributed by atoms with E-state index in [1.54, 1.807) is 0 Å². The quantitative estimate of drug-likeness (QED) is 0.797. The number of nitrogens with two attached hydrogens (primary N) is 1. The predicted octanol–water partition coefficient (Wildman–Crippen LogP) is 3.41. The Balaban J connectivity index is 2.29. The third kappa shape index (κ3) is 1.29. The maximum atomic E-state index is 6.05. The second-order valence-electron chi connectivity index (χ2n) is 4.11. The number of benzene rings is 2. The van der Waals surface area contributed by atoms with Crippen molar-refractivity contribution in [3.8, 4) is 11.1 Å². The minimum atomic E-state index is 0.296. The lowest BCUT2D eigenvalue weighted by molar-refractivity contribution is 0.841. The van der Waals surface area contributed by atoms with Gasteiger partial charge in [0, 0.05) is 17.5 Å². The zero-order valence-electron chi connectivity index (χ0n) is 8.78. The molecule has 1 atom stereocenters. The summed E-state index contributed by atoms with van der Waals surface area (Å²) in [4.78, 5) is 0. The van der Waals surface area contributed by atoms with Crippen LogP contribution in [-0.4, -0.2) is 6.54 Å². The van der Waals surface area contributed by atoms with Crippen molar-refractivity contribution >= 4 is 11.6 Å². The van der Waals surface area contributed by atoms with Crippen molar-refractivity contribution in [3.05, 3.63) is 58.6 Å². The van der Waals surface area contributed by atoms with Crippen LogP contribution in [0.5, 0.6) is 0 Å². The fourth-order valence-corrected chi connectivity index (χ4v) is 2.72. The second-order valence-corrected chi connectivity index (χ2v) is 4.54. The van der Waals surface area contributed by atoms with Gasteiger partial charge in [0.2, 0.25) is 0 Å². The van der Waals surface area contributed by atoms with Gasteiger partial charge < -0.3 is 5.73 Å². The van der Waals surface area contributed by atoms with Gasteiger partial charge in [-0.05, 0) is 34.4 Å². The Bertz CT molecular complexity index is 548. The summed E-state index contributed by atoms with van der Waals surface area (Å²) in [5.41, 5.74) is 11.0. The topological polar surface area (TPSA) is 26.0 Å². The first kappa shape index (κ1) is 9.88. The third-order valence-electron chi connectivity index (χ3n) is 3.25. The smallest absolute Gasteiger partial charge is 0.0409 e. The van der Waals surface area contributed by atoms with Crippen LogP contribution in [0.15, 0.2) is 42.5 Å². The highest BCUT2D eigenvalue weighted by molar-refractivity contribution is 6.30.